The van der Waals surface area contributed by atoms with Crippen LogP contribution >= 0.6 is 24.0 Å². The lowest BCUT2D eigenvalue weighted by Gasteiger charge is -2.16. The Bertz CT molecular complexity index is 550. The van der Waals surface area contributed by atoms with E-state index in [4.69, 9.17) is 5.73 Å². The minimum Gasteiger partial charge on any atom is -0.370 e. The van der Waals surface area contributed by atoms with Gasteiger partial charge in [0.05, 0.1) is 18.4 Å². The Morgan fingerprint density at radius 1 is 1.35 bits per heavy atom. The molecule has 0 aliphatic carbocycles. The largest absolute Gasteiger partial charge is 0.370 e. The van der Waals surface area contributed by atoms with E-state index in [9.17, 15) is 0 Å². The van der Waals surface area contributed by atoms with Crippen LogP contribution in [-0.4, -0.2) is 34.4 Å². The van der Waals surface area contributed by atoms with Gasteiger partial charge in [-0.3, -0.25) is 4.99 Å². The molecule has 5 nitrogen and oxygen atoms in total. The van der Waals surface area contributed by atoms with Crippen LogP contribution in [0.4, 0.5) is 0 Å². The molecule has 0 aliphatic rings. The van der Waals surface area contributed by atoms with Gasteiger partial charge in [-0.1, -0.05) is 30.3 Å². The van der Waals surface area contributed by atoms with E-state index >= 15 is 0 Å². The van der Waals surface area contributed by atoms with E-state index in [1.165, 1.54) is 0 Å². The Kier molecular flexibility index (Phi) is 6.50. The summed E-state index contributed by atoms with van der Waals surface area (Å²) in [5, 5.41) is 0. The molecule has 0 aliphatic heterocycles. The lowest BCUT2D eigenvalue weighted by molar-refractivity contribution is 0.478. The number of aliphatic imine (C=N–C) groups is 1. The summed E-state index contributed by atoms with van der Waals surface area (Å²) in [6, 6.07) is 10.1. The number of nitrogens with two attached hydrogens (primary N) is 1. The van der Waals surface area contributed by atoms with Gasteiger partial charge in [-0.25, -0.2) is 4.98 Å². The normalized spacial score (nSPS) is 11.0. The zero-order chi connectivity index (χ0) is 13.7. The zero-order valence-corrected chi connectivity index (χ0v) is 14.0. The number of guanidine groups is 1. The summed E-state index contributed by atoms with van der Waals surface area (Å²) in [5.74, 6) is 1.40. The number of imidazole rings is 1. The summed E-state index contributed by atoms with van der Waals surface area (Å²) >= 11 is 0. The van der Waals surface area contributed by atoms with Crippen molar-refractivity contribution in [2.24, 2.45) is 10.7 Å². The maximum absolute atomic E-state index is 5.83. The van der Waals surface area contributed by atoms with Crippen molar-refractivity contribution < 1.29 is 0 Å². The molecule has 1 aromatic carbocycles. The van der Waals surface area contributed by atoms with Crippen molar-refractivity contribution in [3.8, 4) is 11.3 Å². The monoisotopic (exact) mass is 385 g/mol. The highest BCUT2D eigenvalue weighted by molar-refractivity contribution is 14.0. The second-order valence-corrected chi connectivity index (χ2v) is 4.30. The fourth-order valence-electron chi connectivity index (χ4n) is 1.80. The van der Waals surface area contributed by atoms with E-state index in [2.05, 4.69) is 15.0 Å². The molecule has 2 aromatic rings. The van der Waals surface area contributed by atoms with Crippen molar-refractivity contribution in [2.45, 2.75) is 13.5 Å². The van der Waals surface area contributed by atoms with Gasteiger partial charge in [-0.2, -0.15) is 0 Å². The SMILES string of the molecule is CCN=C(N)N(C)Cc1ncc(-c2ccccc2)[nH]1.I. The molecule has 0 saturated heterocycles. The van der Waals surface area contributed by atoms with Gasteiger partial charge in [0, 0.05) is 13.6 Å². The Morgan fingerprint density at radius 3 is 2.70 bits per heavy atom. The molecule has 1 aromatic heterocycles. The summed E-state index contributed by atoms with van der Waals surface area (Å²) in [4.78, 5) is 13.7. The number of benzene rings is 1. The summed E-state index contributed by atoms with van der Waals surface area (Å²) in [6.45, 7) is 3.26. The van der Waals surface area contributed by atoms with Crippen molar-refractivity contribution in [3.05, 3.63) is 42.4 Å². The highest BCUT2D eigenvalue weighted by Crippen LogP contribution is 2.16. The molecule has 0 amide bonds. The van der Waals surface area contributed by atoms with Crippen molar-refractivity contribution in [1.29, 1.82) is 0 Å². The van der Waals surface area contributed by atoms with Gasteiger partial charge in [0.2, 0.25) is 0 Å². The van der Waals surface area contributed by atoms with E-state index in [0.717, 1.165) is 17.1 Å². The first-order valence-electron chi connectivity index (χ1n) is 6.31. The molecule has 0 atom stereocenters. The number of H-pyrrole nitrogens is 1. The Hall–Kier alpha value is -1.57. The molecule has 0 spiro atoms. The number of halogens is 1. The molecular formula is C14H20IN5. The van der Waals surface area contributed by atoms with Crippen LogP contribution in [0, 0.1) is 0 Å². The molecule has 0 unspecified atom stereocenters. The van der Waals surface area contributed by atoms with Crippen molar-refractivity contribution in [2.75, 3.05) is 13.6 Å². The molecule has 0 radical (unpaired) electrons. The van der Waals surface area contributed by atoms with Gasteiger partial charge >= 0.3 is 0 Å². The quantitative estimate of drug-likeness (QED) is 0.483. The first-order valence-corrected chi connectivity index (χ1v) is 6.31. The number of rotatable bonds is 4. The zero-order valence-electron chi connectivity index (χ0n) is 11.7. The highest BCUT2D eigenvalue weighted by atomic mass is 127. The van der Waals surface area contributed by atoms with Gasteiger partial charge < -0.3 is 15.6 Å². The number of nitrogens with zero attached hydrogens (tertiary/aromatic N) is 3. The summed E-state index contributed by atoms with van der Waals surface area (Å²) in [7, 11) is 1.90. The number of aromatic nitrogens is 2. The molecule has 20 heavy (non-hydrogen) atoms. The number of nitrogens with one attached hydrogen (secondary N) is 1. The summed E-state index contributed by atoms with van der Waals surface area (Å²) in [6.07, 6.45) is 1.84. The average Bonchev–Trinajstić information content (AvgIpc) is 2.88. The number of hydrogen-bond acceptors (Lipinski definition) is 2. The number of hydrogen-bond donors (Lipinski definition) is 2. The molecule has 6 heteroatoms. The van der Waals surface area contributed by atoms with E-state index in [0.29, 0.717) is 19.0 Å². The molecule has 108 valence electrons. The highest BCUT2D eigenvalue weighted by Gasteiger charge is 2.07. The smallest absolute Gasteiger partial charge is 0.191 e. The van der Waals surface area contributed by atoms with Crippen molar-refractivity contribution >= 4 is 29.9 Å². The predicted octanol–water partition coefficient (Wildman–Crippen LogP) is 2.46. The van der Waals surface area contributed by atoms with Crippen LogP contribution in [0.15, 0.2) is 41.5 Å². The molecule has 1 heterocycles. The van der Waals surface area contributed by atoms with E-state index in [-0.39, 0.29) is 24.0 Å². The molecule has 0 saturated carbocycles. The minimum atomic E-state index is 0. The first kappa shape index (κ1) is 16.5. The predicted molar refractivity (Wildman–Crippen MR) is 93.1 cm³/mol. The lowest BCUT2D eigenvalue weighted by Crippen LogP contribution is -2.33. The van der Waals surface area contributed by atoms with Crippen LogP contribution < -0.4 is 5.73 Å². The van der Waals surface area contributed by atoms with E-state index in [1.54, 1.807) is 0 Å². The van der Waals surface area contributed by atoms with E-state index < -0.39 is 0 Å². The minimum absolute atomic E-state index is 0. The average molecular weight is 385 g/mol. The molecule has 2 rings (SSSR count). The van der Waals surface area contributed by atoms with Gasteiger partial charge in [0.25, 0.3) is 0 Å². The third-order valence-corrected chi connectivity index (χ3v) is 2.81. The van der Waals surface area contributed by atoms with Crippen molar-refractivity contribution in [1.82, 2.24) is 14.9 Å². The summed E-state index contributed by atoms with van der Waals surface area (Å²) in [5.41, 5.74) is 7.96. The van der Waals surface area contributed by atoms with Crippen molar-refractivity contribution in [3.63, 3.8) is 0 Å². The Morgan fingerprint density at radius 2 is 2.05 bits per heavy atom. The van der Waals surface area contributed by atoms with Crippen LogP contribution in [0.25, 0.3) is 11.3 Å². The van der Waals surface area contributed by atoms with Gasteiger partial charge in [0.15, 0.2) is 5.96 Å². The first-order chi connectivity index (χ1) is 9.20. The van der Waals surface area contributed by atoms with Crippen LogP contribution in [0.3, 0.4) is 0 Å². The fraction of sp³-hybridized carbons (Fsp3) is 0.286. The molecule has 0 fully saturated rings. The van der Waals surface area contributed by atoms with Gasteiger partial charge in [-0.15, -0.1) is 24.0 Å². The van der Waals surface area contributed by atoms with Gasteiger partial charge in [-0.05, 0) is 12.5 Å². The van der Waals surface area contributed by atoms with Crippen LogP contribution in [0.5, 0.6) is 0 Å². The standard InChI is InChI=1S/C14H19N5.HI/c1-3-16-14(15)19(2)10-13-17-9-12(18-13)11-7-5-4-6-8-11;/h4-9H,3,10H2,1-2H3,(H2,15,16)(H,17,18);1H. The van der Waals surface area contributed by atoms with Gasteiger partial charge in [0.1, 0.15) is 5.82 Å². The topological polar surface area (TPSA) is 70.3 Å². The lowest BCUT2D eigenvalue weighted by atomic mass is 10.2. The molecule has 0 bridgehead atoms. The van der Waals surface area contributed by atoms with Crippen LogP contribution in [0.1, 0.15) is 12.7 Å². The fourth-order valence-corrected chi connectivity index (χ4v) is 1.80. The second kappa shape index (κ2) is 7.88. The Balaban J connectivity index is 0.00000200. The number of aromatic amines is 1. The van der Waals surface area contributed by atoms with Crippen LogP contribution in [0.2, 0.25) is 0 Å². The maximum atomic E-state index is 5.83. The van der Waals surface area contributed by atoms with Crippen LogP contribution in [-0.2, 0) is 6.54 Å². The second-order valence-electron chi connectivity index (χ2n) is 4.30. The Labute approximate surface area is 136 Å². The molecular weight excluding hydrogens is 365 g/mol. The molecule has 3 N–H and O–H groups in total. The maximum Gasteiger partial charge on any atom is 0.191 e. The van der Waals surface area contributed by atoms with E-state index in [1.807, 2.05) is 55.4 Å². The third-order valence-electron chi connectivity index (χ3n) is 2.81. The third kappa shape index (κ3) is 4.22. The summed E-state index contributed by atoms with van der Waals surface area (Å²) < 4.78 is 0.